The maximum absolute atomic E-state index is 11.9. The van der Waals surface area contributed by atoms with Crippen molar-refractivity contribution in [2.45, 2.75) is 13.5 Å². The van der Waals surface area contributed by atoms with Gasteiger partial charge in [0.25, 0.3) is 5.78 Å². The summed E-state index contributed by atoms with van der Waals surface area (Å²) in [7, 11) is 1.18. The van der Waals surface area contributed by atoms with Gasteiger partial charge >= 0.3 is 5.97 Å². The van der Waals surface area contributed by atoms with Crippen molar-refractivity contribution < 1.29 is 19.1 Å². The summed E-state index contributed by atoms with van der Waals surface area (Å²) < 4.78 is 10.2. The number of benzene rings is 2. The molecule has 0 aliphatic heterocycles. The number of hydrogen-bond donors (Lipinski definition) is 0. The molecule has 0 saturated heterocycles. The zero-order chi connectivity index (χ0) is 15.2. The van der Waals surface area contributed by atoms with Gasteiger partial charge in [0.1, 0.15) is 12.4 Å². The molecule has 0 atom stereocenters. The number of esters is 1. The number of Topliss-reactive ketones (excluding diaryl/α,β-unsaturated/α-hetero) is 1. The molecule has 0 N–H and O–H groups in total. The van der Waals surface area contributed by atoms with Crippen LogP contribution in [-0.2, 0) is 16.1 Å². The van der Waals surface area contributed by atoms with E-state index in [-0.39, 0.29) is 5.56 Å². The molecule has 0 spiro atoms. The Balaban J connectivity index is 2.19. The van der Waals surface area contributed by atoms with E-state index in [9.17, 15) is 9.59 Å². The lowest BCUT2D eigenvalue weighted by Gasteiger charge is -2.11. The second-order valence-corrected chi connectivity index (χ2v) is 4.53. The second-order valence-electron chi connectivity index (χ2n) is 4.53. The molecule has 2 aromatic carbocycles. The SMILES string of the molecule is COC(=O)C(=O)c1ccccc1OCc1ccccc1C. The molecule has 0 aliphatic carbocycles. The van der Waals surface area contributed by atoms with E-state index >= 15 is 0 Å². The highest BCUT2D eigenvalue weighted by molar-refractivity contribution is 6.41. The largest absolute Gasteiger partial charge is 0.488 e. The molecule has 0 radical (unpaired) electrons. The van der Waals surface area contributed by atoms with E-state index in [1.165, 1.54) is 7.11 Å². The molecule has 2 aromatic rings. The first kappa shape index (κ1) is 14.8. The Morgan fingerprint density at radius 1 is 1.00 bits per heavy atom. The van der Waals surface area contributed by atoms with Crippen molar-refractivity contribution >= 4 is 11.8 Å². The first-order chi connectivity index (χ1) is 10.1. The van der Waals surface area contributed by atoms with E-state index in [2.05, 4.69) is 4.74 Å². The van der Waals surface area contributed by atoms with Crippen molar-refractivity contribution in [1.82, 2.24) is 0 Å². The molecule has 0 heterocycles. The van der Waals surface area contributed by atoms with Crippen molar-refractivity contribution in [3.05, 3.63) is 65.2 Å². The zero-order valence-corrected chi connectivity index (χ0v) is 12.0. The Bertz CT molecular complexity index is 661. The van der Waals surface area contributed by atoms with E-state index in [4.69, 9.17) is 4.74 Å². The highest BCUT2D eigenvalue weighted by atomic mass is 16.5. The lowest BCUT2D eigenvalue weighted by Crippen LogP contribution is -2.16. The standard InChI is InChI=1S/C17H16O4/c1-12-7-3-4-8-13(12)11-21-15-10-6-5-9-14(15)16(18)17(19)20-2/h3-10H,11H2,1-2H3. The smallest absolute Gasteiger partial charge is 0.379 e. The van der Waals surface area contributed by atoms with Crippen molar-refractivity contribution in [1.29, 1.82) is 0 Å². The third-order valence-electron chi connectivity index (χ3n) is 3.15. The maximum Gasteiger partial charge on any atom is 0.379 e. The lowest BCUT2D eigenvalue weighted by atomic mass is 10.1. The number of para-hydroxylation sites is 1. The van der Waals surface area contributed by atoms with Gasteiger partial charge in [-0.2, -0.15) is 0 Å². The van der Waals surface area contributed by atoms with Gasteiger partial charge in [0.2, 0.25) is 0 Å². The minimum absolute atomic E-state index is 0.206. The Hall–Kier alpha value is -2.62. The summed E-state index contributed by atoms with van der Waals surface area (Å²) in [5.74, 6) is -1.24. The predicted molar refractivity (Wildman–Crippen MR) is 78.3 cm³/mol. The average molecular weight is 284 g/mol. The molecule has 21 heavy (non-hydrogen) atoms. The Kier molecular flexibility index (Phi) is 4.72. The number of rotatable bonds is 5. The molecule has 2 rings (SSSR count). The Morgan fingerprint density at radius 2 is 1.67 bits per heavy atom. The number of methoxy groups -OCH3 is 1. The molecular formula is C17H16O4. The number of hydrogen-bond acceptors (Lipinski definition) is 4. The van der Waals surface area contributed by atoms with E-state index in [1.807, 2.05) is 31.2 Å². The van der Waals surface area contributed by atoms with Crippen molar-refractivity contribution in [3.8, 4) is 5.75 Å². The number of ether oxygens (including phenoxy) is 2. The lowest BCUT2D eigenvalue weighted by molar-refractivity contribution is -0.135. The number of carbonyl (C=O) groups is 2. The number of aryl methyl sites for hydroxylation is 1. The monoisotopic (exact) mass is 284 g/mol. The van der Waals surface area contributed by atoms with Crippen LogP contribution in [0.15, 0.2) is 48.5 Å². The highest BCUT2D eigenvalue weighted by Crippen LogP contribution is 2.21. The fourth-order valence-electron chi connectivity index (χ4n) is 1.91. The normalized spacial score (nSPS) is 10.0. The molecule has 4 heteroatoms. The van der Waals surface area contributed by atoms with Crippen LogP contribution in [-0.4, -0.2) is 18.9 Å². The van der Waals surface area contributed by atoms with Gasteiger partial charge in [-0.05, 0) is 30.2 Å². The number of ketones is 1. The first-order valence-electron chi connectivity index (χ1n) is 6.52. The van der Waals surface area contributed by atoms with Gasteiger partial charge in [0, 0.05) is 0 Å². The zero-order valence-electron chi connectivity index (χ0n) is 12.0. The molecule has 108 valence electrons. The molecule has 0 bridgehead atoms. The van der Waals surface area contributed by atoms with Crippen LogP contribution >= 0.6 is 0 Å². The second kappa shape index (κ2) is 6.70. The molecule has 4 nitrogen and oxygen atoms in total. The van der Waals surface area contributed by atoms with Gasteiger partial charge in [-0.25, -0.2) is 4.79 Å². The summed E-state index contributed by atoms with van der Waals surface area (Å²) in [4.78, 5) is 23.3. The van der Waals surface area contributed by atoms with Crippen LogP contribution in [0.1, 0.15) is 21.5 Å². The highest BCUT2D eigenvalue weighted by Gasteiger charge is 2.20. The van der Waals surface area contributed by atoms with Gasteiger partial charge in [-0.15, -0.1) is 0 Å². The molecule has 0 unspecified atom stereocenters. The third-order valence-corrected chi connectivity index (χ3v) is 3.15. The van der Waals surface area contributed by atoms with Crippen molar-refractivity contribution in [2.75, 3.05) is 7.11 Å². The Labute approximate surface area is 123 Å². The van der Waals surface area contributed by atoms with Crippen LogP contribution in [0.25, 0.3) is 0 Å². The fourth-order valence-corrected chi connectivity index (χ4v) is 1.91. The predicted octanol–water partition coefficient (Wildman–Crippen LogP) is 2.93. The first-order valence-corrected chi connectivity index (χ1v) is 6.52. The minimum Gasteiger partial charge on any atom is -0.488 e. The molecule has 0 amide bonds. The van der Waals surface area contributed by atoms with Crippen LogP contribution in [0.2, 0.25) is 0 Å². The van der Waals surface area contributed by atoms with Gasteiger partial charge in [0.05, 0.1) is 12.7 Å². The molecule has 0 fully saturated rings. The van der Waals surface area contributed by atoms with Gasteiger partial charge in [-0.1, -0.05) is 36.4 Å². The Morgan fingerprint density at radius 3 is 2.38 bits per heavy atom. The summed E-state index contributed by atoms with van der Waals surface area (Å²) >= 11 is 0. The van der Waals surface area contributed by atoms with E-state index in [0.29, 0.717) is 12.4 Å². The summed E-state index contributed by atoms with van der Waals surface area (Å²) in [6, 6.07) is 14.5. The van der Waals surface area contributed by atoms with Crippen LogP contribution in [0.3, 0.4) is 0 Å². The average Bonchev–Trinajstić information content (AvgIpc) is 2.53. The maximum atomic E-state index is 11.9. The number of carbonyl (C=O) groups excluding carboxylic acids is 2. The van der Waals surface area contributed by atoms with Crippen LogP contribution in [0.5, 0.6) is 5.75 Å². The topological polar surface area (TPSA) is 52.6 Å². The van der Waals surface area contributed by atoms with Gasteiger partial charge < -0.3 is 9.47 Å². The van der Waals surface area contributed by atoms with Crippen molar-refractivity contribution in [2.24, 2.45) is 0 Å². The van der Waals surface area contributed by atoms with Gasteiger partial charge in [-0.3, -0.25) is 4.79 Å². The van der Waals surface area contributed by atoms with Crippen molar-refractivity contribution in [3.63, 3.8) is 0 Å². The summed E-state index contributed by atoms with van der Waals surface area (Å²) in [5, 5.41) is 0. The van der Waals surface area contributed by atoms with Crippen LogP contribution in [0, 0.1) is 6.92 Å². The summed E-state index contributed by atoms with van der Waals surface area (Å²) in [5.41, 5.74) is 2.34. The van der Waals surface area contributed by atoms with E-state index in [1.54, 1.807) is 24.3 Å². The molecule has 0 aromatic heterocycles. The van der Waals surface area contributed by atoms with E-state index < -0.39 is 11.8 Å². The van der Waals surface area contributed by atoms with Crippen LogP contribution in [0.4, 0.5) is 0 Å². The third kappa shape index (κ3) is 3.48. The quantitative estimate of drug-likeness (QED) is 0.481. The molecule has 0 saturated carbocycles. The fraction of sp³-hybridized carbons (Fsp3) is 0.176. The van der Waals surface area contributed by atoms with Gasteiger partial charge in [0.15, 0.2) is 0 Å². The minimum atomic E-state index is -0.901. The van der Waals surface area contributed by atoms with Crippen LogP contribution < -0.4 is 4.74 Å². The summed E-state index contributed by atoms with van der Waals surface area (Å²) in [6.07, 6.45) is 0. The summed E-state index contributed by atoms with van der Waals surface area (Å²) in [6.45, 7) is 2.32. The molecule has 0 aliphatic rings. The van der Waals surface area contributed by atoms with E-state index in [0.717, 1.165) is 11.1 Å². The molecular weight excluding hydrogens is 268 g/mol.